The van der Waals surface area contributed by atoms with Crippen molar-refractivity contribution in [3.05, 3.63) is 84.7 Å². The number of aromatic nitrogens is 4. The molecule has 0 radical (unpaired) electrons. The molecular formula is C27H23N5O2. The maximum atomic E-state index is 12.1. The predicted molar refractivity (Wildman–Crippen MR) is 132 cm³/mol. The Morgan fingerprint density at radius 1 is 1.12 bits per heavy atom. The van der Waals surface area contributed by atoms with Crippen LogP contribution >= 0.6 is 0 Å². The summed E-state index contributed by atoms with van der Waals surface area (Å²) in [5.74, 6) is 0.223. The van der Waals surface area contributed by atoms with Crippen molar-refractivity contribution in [1.82, 2.24) is 20.2 Å². The molecule has 5 aromatic rings. The minimum atomic E-state index is 0.0741. The van der Waals surface area contributed by atoms with E-state index in [0.717, 1.165) is 63.0 Å². The van der Waals surface area contributed by atoms with Crippen molar-refractivity contribution in [2.45, 2.75) is 19.8 Å². The second kappa shape index (κ2) is 8.19. The van der Waals surface area contributed by atoms with Crippen LogP contribution in [0.25, 0.3) is 39.0 Å². The second-order valence-corrected chi connectivity index (χ2v) is 8.57. The number of aromatic amines is 2. The van der Waals surface area contributed by atoms with E-state index in [2.05, 4.69) is 43.7 Å². The fourth-order valence-corrected chi connectivity index (χ4v) is 4.26. The third-order valence-corrected chi connectivity index (χ3v) is 6.22. The molecule has 0 aliphatic heterocycles. The summed E-state index contributed by atoms with van der Waals surface area (Å²) in [6.45, 7) is 2.01. The van der Waals surface area contributed by atoms with E-state index >= 15 is 0 Å². The topological polar surface area (TPSA) is 99.6 Å². The van der Waals surface area contributed by atoms with E-state index in [4.69, 9.17) is 4.42 Å². The Morgan fingerprint density at radius 3 is 2.82 bits per heavy atom. The van der Waals surface area contributed by atoms with Crippen molar-refractivity contribution in [2.75, 3.05) is 5.32 Å². The highest BCUT2D eigenvalue weighted by Gasteiger charge is 2.29. The molecule has 0 spiro atoms. The van der Waals surface area contributed by atoms with Gasteiger partial charge in [0.1, 0.15) is 5.69 Å². The maximum absolute atomic E-state index is 12.1. The number of H-pyrrole nitrogens is 2. The number of anilines is 1. The highest BCUT2D eigenvalue weighted by Crippen LogP contribution is 2.34. The molecule has 1 aromatic carbocycles. The summed E-state index contributed by atoms with van der Waals surface area (Å²) in [7, 11) is 0. The molecule has 0 unspecified atom stereocenters. The molecule has 4 aromatic heterocycles. The molecule has 6 rings (SSSR count). The maximum Gasteiger partial charge on any atom is 0.227 e. The molecule has 7 heteroatoms. The molecule has 1 saturated carbocycles. The number of fused-ring (bicyclic) bond motifs is 1. The van der Waals surface area contributed by atoms with Crippen molar-refractivity contribution in [1.29, 1.82) is 0 Å². The van der Waals surface area contributed by atoms with Gasteiger partial charge in [-0.3, -0.25) is 14.9 Å². The molecule has 1 amide bonds. The van der Waals surface area contributed by atoms with Gasteiger partial charge < -0.3 is 14.7 Å². The van der Waals surface area contributed by atoms with E-state index in [0.29, 0.717) is 5.69 Å². The monoisotopic (exact) mass is 449 g/mol. The minimum Gasteiger partial charge on any atom is -0.472 e. The van der Waals surface area contributed by atoms with Crippen molar-refractivity contribution in [3.8, 4) is 22.5 Å². The number of benzene rings is 1. The van der Waals surface area contributed by atoms with Crippen LogP contribution in [0.5, 0.6) is 0 Å². The summed E-state index contributed by atoms with van der Waals surface area (Å²) >= 11 is 0. The molecule has 0 saturated heterocycles. The van der Waals surface area contributed by atoms with Crippen LogP contribution in [0.15, 0.2) is 78.0 Å². The largest absolute Gasteiger partial charge is 0.472 e. The number of carbonyl (C=O) groups excluding carboxylic acids is 1. The lowest BCUT2D eigenvalue weighted by molar-refractivity contribution is -0.117. The summed E-state index contributed by atoms with van der Waals surface area (Å²) in [6, 6.07) is 12.2. The molecule has 1 fully saturated rings. The van der Waals surface area contributed by atoms with Gasteiger partial charge in [-0.1, -0.05) is 12.1 Å². The van der Waals surface area contributed by atoms with Crippen LogP contribution in [0, 0.1) is 5.92 Å². The lowest BCUT2D eigenvalue weighted by atomic mass is 10.0. The third-order valence-electron chi connectivity index (χ3n) is 6.22. The number of hydrogen-bond donors (Lipinski definition) is 3. The zero-order chi connectivity index (χ0) is 23.1. The van der Waals surface area contributed by atoms with Gasteiger partial charge >= 0.3 is 0 Å². The number of nitrogens with zero attached hydrogens (tertiary/aromatic N) is 2. The molecular weight excluding hydrogens is 426 g/mol. The van der Waals surface area contributed by atoms with E-state index in [1.807, 2.05) is 43.6 Å². The van der Waals surface area contributed by atoms with Crippen LogP contribution < -0.4 is 5.32 Å². The molecule has 1 aliphatic rings. The first-order valence-corrected chi connectivity index (χ1v) is 11.3. The van der Waals surface area contributed by atoms with Gasteiger partial charge in [-0.2, -0.15) is 5.10 Å². The first-order valence-electron chi connectivity index (χ1n) is 11.3. The van der Waals surface area contributed by atoms with E-state index in [1.54, 1.807) is 18.7 Å². The number of nitrogens with one attached hydrogen (secondary N) is 3. The molecule has 0 bridgehead atoms. The Morgan fingerprint density at radius 2 is 2.03 bits per heavy atom. The number of furan rings is 1. The van der Waals surface area contributed by atoms with Crippen molar-refractivity contribution >= 4 is 28.1 Å². The van der Waals surface area contributed by atoms with Gasteiger partial charge in [0.25, 0.3) is 0 Å². The minimum absolute atomic E-state index is 0.0741. The molecule has 34 heavy (non-hydrogen) atoms. The van der Waals surface area contributed by atoms with E-state index in [9.17, 15) is 4.79 Å². The summed E-state index contributed by atoms with van der Waals surface area (Å²) in [6.07, 6.45) is 12.9. The molecule has 4 heterocycles. The quantitative estimate of drug-likeness (QED) is 0.295. The van der Waals surface area contributed by atoms with Gasteiger partial charge in [-0.15, -0.1) is 0 Å². The van der Waals surface area contributed by atoms with Gasteiger partial charge in [0, 0.05) is 40.4 Å². The first kappa shape index (κ1) is 20.2. The Labute approximate surface area is 195 Å². The van der Waals surface area contributed by atoms with Gasteiger partial charge in [0.05, 0.1) is 35.6 Å². The van der Waals surface area contributed by atoms with Gasteiger partial charge in [-0.25, -0.2) is 0 Å². The molecule has 1 aliphatic carbocycles. The normalized spacial score (nSPS) is 14.0. The Bertz CT molecular complexity index is 1520. The van der Waals surface area contributed by atoms with Crippen molar-refractivity contribution in [3.63, 3.8) is 0 Å². The first-order chi connectivity index (χ1) is 16.7. The smallest absolute Gasteiger partial charge is 0.227 e. The average molecular weight is 450 g/mol. The van der Waals surface area contributed by atoms with Crippen LogP contribution in [0.1, 0.15) is 30.9 Å². The molecule has 3 N–H and O–H groups in total. The number of carbonyl (C=O) groups is 1. The second-order valence-electron chi connectivity index (χ2n) is 8.57. The zero-order valence-corrected chi connectivity index (χ0v) is 18.6. The summed E-state index contributed by atoms with van der Waals surface area (Å²) in [5, 5.41) is 11.7. The zero-order valence-electron chi connectivity index (χ0n) is 18.6. The standard InChI is InChI=1S/C27H23N5O2/c1-2-22(18-7-8-34-15-18)20-11-25(29-13-20)26-23-10-17(5-6-24(23)31-32-26)19-9-21(14-28-12-19)30-27(33)16-3-4-16/h2,5-16,29H,3-4H2,1H3,(H,30,33)(H,31,32)/b22-2-. The fourth-order valence-electron chi connectivity index (χ4n) is 4.26. The predicted octanol–water partition coefficient (Wildman–Crippen LogP) is 6.01. The van der Waals surface area contributed by atoms with E-state index in [1.165, 1.54) is 0 Å². The van der Waals surface area contributed by atoms with Crippen LogP contribution in [-0.2, 0) is 4.79 Å². The highest BCUT2D eigenvalue weighted by atomic mass is 16.3. The van der Waals surface area contributed by atoms with Crippen LogP contribution in [-0.4, -0.2) is 26.1 Å². The summed E-state index contributed by atoms with van der Waals surface area (Å²) in [5.41, 5.74) is 8.55. The molecule has 0 atom stereocenters. The fraction of sp³-hybridized carbons (Fsp3) is 0.148. The SMILES string of the molecule is C/C=C(/c1ccoc1)c1c[nH]c(-c2n[nH]c3ccc(-c4cncc(NC(=O)C5CC5)c4)cc23)c1. The van der Waals surface area contributed by atoms with Gasteiger partial charge in [0.15, 0.2) is 0 Å². The summed E-state index contributed by atoms with van der Waals surface area (Å²) in [4.78, 5) is 19.9. The number of allylic oxidation sites excluding steroid dienone is 1. The lowest BCUT2D eigenvalue weighted by Gasteiger charge is -2.07. The van der Waals surface area contributed by atoms with Crippen LogP contribution in [0.3, 0.4) is 0 Å². The highest BCUT2D eigenvalue weighted by molar-refractivity contribution is 5.97. The number of hydrogen-bond acceptors (Lipinski definition) is 4. The van der Waals surface area contributed by atoms with E-state index in [-0.39, 0.29) is 11.8 Å². The van der Waals surface area contributed by atoms with Crippen molar-refractivity contribution < 1.29 is 9.21 Å². The Balaban J connectivity index is 1.34. The third kappa shape index (κ3) is 3.71. The van der Waals surface area contributed by atoms with Gasteiger partial charge in [0.2, 0.25) is 5.91 Å². The molecule has 7 nitrogen and oxygen atoms in total. The van der Waals surface area contributed by atoms with Crippen molar-refractivity contribution in [2.24, 2.45) is 5.92 Å². The lowest BCUT2D eigenvalue weighted by Crippen LogP contribution is -2.13. The van der Waals surface area contributed by atoms with Crippen LogP contribution in [0.2, 0.25) is 0 Å². The number of rotatable bonds is 6. The number of amides is 1. The van der Waals surface area contributed by atoms with Gasteiger partial charge in [-0.05, 0) is 61.2 Å². The number of pyridine rings is 1. The van der Waals surface area contributed by atoms with E-state index < -0.39 is 0 Å². The average Bonchev–Trinajstić information content (AvgIpc) is 3.22. The summed E-state index contributed by atoms with van der Waals surface area (Å²) < 4.78 is 5.26. The Hall–Kier alpha value is -4.39. The molecule has 168 valence electrons. The van der Waals surface area contributed by atoms with Crippen LogP contribution in [0.4, 0.5) is 5.69 Å². The Kier molecular flexibility index (Phi) is 4.87.